The molecule has 0 aromatic carbocycles. The molecular formula is C11H14N2O5. The maximum atomic E-state index is 12.2. The van der Waals surface area contributed by atoms with Gasteiger partial charge in [-0.05, 0) is 6.92 Å². The molecule has 2 heterocycles. The standard InChI is InChI=1S/C11H14N2O5/c1-7-4-9(12-18-7)11(16)13-2-3-17-6-8(13)5-10(14)15/h4,8H,2-3,5-6H2,1H3,(H,14,15). The molecule has 18 heavy (non-hydrogen) atoms. The fraction of sp³-hybridized carbons (Fsp3) is 0.545. The predicted molar refractivity (Wildman–Crippen MR) is 59.1 cm³/mol. The highest BCUT2D eigenvalue weighted by Gasteiger charge is 2.31. The van der Waals surface area contributed by atoms with Gasteiger partial charge in [-0.2, -0.15) is 0 Å². The number of morpholine rings is 1. The van der Waals surface area contributed by atoms with Crippen LogP contribution in [-0.2, 0) is 9.53 Å². The molecule has 1 N–H and O–H groups in total. The summed E-state index contributed by atoms with van der Waals surface area (Å²) in [6.07, 6.45) is -0.136. The van der Waals surface area contributed by atoms with Crippen LogP contribution in [0.15, 0.2) is 10.6 Å². The Morgan fingerprint density at radius 3 is 3.00 bits per heavy atom. The summed E-state index contributed by atoms with van der Waals surface area (Å²) in [7, 11) is 0. The number of hydrogen-bond donors (Lipinski definition) is 1. The maximum absolute atomic E-state index is 12.2. The molecule has 7 heteroatoms. The number of ether oxygens (including phenoxy) is 1. The van der Waals surface area contributed by atoms with Gasteiger partial charge in [0.1, 0.15) is 5.76 Å². The Morgan fingerprint density at radius 2 is 2.39 bits per heavy atom. The van der Waals surface area contributed by atoms with Gasteiger partial charge in [-0.1, -0.05) is 5.16 Å². The van der Waals surface area contributed by atoms with E-state index < -0.39 is 12.0 Å². The molecule has 7 nitrogen and oxygen atoms in total. The van der Waals surface area contributed by atoms with Crippen LogP contribution < -0.4 is 0 Å². The molecule has 1 saturated heterocycles. The zero-order chi connectivity index (χ0) is 13.1. The van der Waals surface area contributed by atoms with Gasteiger partial charge in [-0.15, -0.1) is 0 Å². The largest absolute Gasteiger partial charge is 0.481 e. The zero-order valence-electron chi connectivity index (χ0n) is 9.96. The van der Waals surface area contributed by atoms with Crippen molar-refractivity contribution >= 4 is 11.9 Å². The monoisotopic (exact) mass is 254 g/mol. The third-order valence-corrected chi connectivity index (χ3v) is 2.75. The average Bonchev–Trinajstić information content (AvgIpc) is 2.75. The number of aromatic nitrogens is 1. The molecule has 2 rings (SSSR count). The Kier molecular flexibility index (Phi) is 3.61. The molecule has 1 aliphatic rings. The van der Waals surface area contributed by atoms with Crippen molar-refractivity contribution in [1.29, 1.82) is 0 Å². The number of carboxylic acids is 1. The number of carbonyl (C=O) groups is 2. The summed E-state index contributed by atoms with van der Waals surface area (Å²) in [4.78, 5) is 24.4. The summed E-state index contributed by atoms with van der Waals surface area (Å²) in [6, 6.07) is 1.08. The van der Waals surface area contributed by atoms with Gasteiger partial charge in [0.2, 0.25) is 0 Å². The lowest BCUT2D eigenvalue weighted by atomic mass is 10.1. The Bertz CT molecular complexity index is 456. The number of carbonyl (C=O) groups excluding carboxylic acids is 1. The first kappa shape index (κ1) is 12.6. The van der Waals surface area contributed by atoms with E-state index in [9.17, 15) is 9.59 Å². The van der Waals surface area contributed by atoms with E-state index in [0.29, 0.717) is 18.9 Å². The van der Waals surface area contributed by atoms with E-state index in [1.807, 2.05) is 0 Å². The summed E-state index contributed by atoms with van der Waals surface area (Å²) in [5.74, 6) is -0.734. The SMILES string of the molecule is Cc1cc(C(=O)N2CCOCC2CC(=O)O)no1. The van der Waals surface area contributed by atoms with E-state index in [4.69, 9.17) is 14.4 Å². The molecule has 1 atom stereocenters. The topological polar surface area (TPSA) is 92.9 Å². The molecule has 1 amide bonds. The van der Waals surface area contributed by atoms with E-state index >= 15 is 0 Å². The van der Waals surface area contributed by atoms with Crippen molar-refractivity contribution in [3.05, 3.63) is 17.5 Å². The minimum Gasteiger partial charge on any atom is -0.481 e. The number of nitrogens with zero attached hydrogens (tertiary/aromatic N) is 2. The molecule has 0 radical (unpaired) electrons. The third-order valence-electron chi connectivity index (χ3n) is 2.75. The molecule has 1 aromatic rings. The van der Waals surface area contributed by atoms with Crippen molar-refractivity contribution in [2.45, 2.75) is 19.4 Å². The van der Waals surface area contributed by atoms with Gasteiger partial charge >= 0.3 is 5.97 Å². The molecule has 0 spiro atoms. The van der Waals surface area contributed by atoms with Crippen LogP contribution in [0.4, 0.5) is 0 Å². The van der Waals surface area contributed by atoms with Crippen LogP contribution in [0, 0.1) is 6.92 Å². The fourth-order valence-corrected chi connectivity index (χ4v) is 1.91. The number of rotatable bonds is 3. The number of aliphatic carboxylic acids is 1. The second-order valence-corrected chi connectivity index (χ2v) is 4.15. The molecule has 1 aliphatic heterocycles. The fourth-order valence-electron chi connectivity index (χ4n) is 1.91. The van der Waals surface area contributed by atoms with Crippen LogP contribution in [0.25, 0.3) is 0 Å². The molecular weight excluding hydrogens is 240 g/mol. The van der Waals surface area contributed by atoms with Crippen molar-refractivity contribution in [3.8, 4) is 0 Å². The van der Waals surface area contributed by atoms with Crippen molar-refractivity contribution in [3.63, 3.8) is 0 Å². The van der Waals surface area contributed by atoms with Crippen molar-refractivity contribution in [2.75, 3.05) is 19.8 Å². The Morgan fingerprint density at radius 1 is 1.61 bits per heavy atom. The van der Waals surface area contributed by atoms with E-state index in [0.717, 1.165) is 0 Å². The van der Waals surface area contributed by atoms with E-state index in [1.165, 1.54) is 11.0 Å². The lowest BCUT2D eigenvalue weighted by Crippen LogP contribution is -2.49. The smallest absolute Gasteiger partial charge is 0.305 e. The molecule has 1 unspecified atom stereocenters. The first-order valence-electron chi connectivity index (χ1n) is 5.61. The number of carboxylic acid groups (broad SMARTS) is 1. The van der Waals surface area contributed by atoms with Gasteiger partial charge in [-0.3, -0.25) is 9.59 Å². The second-order valence-electron chi connectivity index (χ2n) is 4.15. The van der Waals surface area contributed by atoms with Gasteiger partial charge in [0.25, 0.3) is 5.91 Å². The zero-order valence-corrected chi connectivity index (χ0v) is 9.96. The Labute approximate surface area is 103 Å². The van der Waals surface area contributed by atoms with Gasteiger partial charge in [0, 0.05) is 12.6 Å². The van der Waals surface area contributed by atoms with Gasteiger partial charge < -0.3 is 19.3 Å². The molecule has 0 bridgehead atoms. The summed E-state index contributed by atoms with van der Waals surface area (Å²) in [5.41, 5.74) is 0.199. The van der Waals surface area contributed by atoms with E-state index in [2.05, 4.69) is 5.16 Å². The van der Waals surface area contributed by atoms with E-state index in [1.54, 1.807) is 6.92 Å². The lowest BCUT2D eigenvalue weighted by Gasteiger charge is -2.34. The van der Waals surface area contributed by atoms with Gasteiger partial charge in [-0.25, -0.2) is 0 Å². The first-order valence-corrected chi connectivity index (χ1v) is 5.61. The summed E-state index contributed by atoms with van der Waals surface area (Å²) in [5, 5.41) is 12.5. The molecule has 1 fully saturated rings. The first-order chi connectivity index (χ1) is 8.58. The molecule has 98 valence electrons. The quantitative estimate of drug-likeness (QED) is 0.833. The Balaban J connectivity index is 2.13. The van der Waals surface area contributed by atoms with E-state index in [-0.39, 0.29) is 24.6 Å². The highest BCUT2D eigenvalue weighted by Crippen LogP contribution is 2.15. The highest BCUT2D eigenvalue weighted by atomic mass is 16.5. The molecule has 0 saturated carbocycles. The summed E-state index contributed by atoms with van der Waals surface area (Å²) >= 11 is 0. The highest BCUT2D eigenvalue weighted by molar-refractivity contribution is 5.92. The molecule has 0 aliphatic carbocycles. The molecule has 1 aromatic heterocycles. The minimum absolute atomic E-state index is 0.136. The van der Waals surface area contributed by atoms with Gasteiger partial charge in [0.05, 0.1) is 25.7 Å². The third kappa shape index (κ3) is 2.67. The normalized spacial score (nSPS) is 19.8. The van der Waals surface area contributed by atoms with Crippen molar-refractivity contribution < 1.29 is 24.0 Å². The van der Waals surface area contributed by atoms with Gasteiger partial charge in [0.15, 0.2) is 5.69 Å². The van der Waals surface area contributed by atoms with Crippen LogP contribution in [0.1, 0.15) is 22.7 Å². The Hall–Kier alpha value is -1.89. The second kappa shape index (κ2) is 5.18. The summed E-state index contributed by atoms with van der Waals surface area (Å²) in [6.45, 7) is 2.69. The van der Waals surface area contributed by atoms with Crippen LogP contribution >= 0.6 is 0 Å². The van der Waals surface area contributed by atoms with Crippen LogP contribution in [0.5, 0.6) is 0 Å². The van der Waals surface area contributed by atoms with Crippen LogP contribution in [0.2, 0.25) is 0 Å². The van der Waals surface area contributed by atoms with Crippen LogP contribution in [0.3, 0.4) is 0 Å². The number of aryl methyl sites for hydroxylation is 1. The van der Waals surface area contributed by atoms with Crippen molar-refractivity contribution in [1.82, 2.24) is 10.1 Å². The minimum atomic E-state index is -0.959. The van der Waals surface area contributed by atoms with Crippen molar-refractivity contribution in [2.24, 2.45) is 0 Å². The number of amides is 1. The maximum Gasteiger partial charge on any atom is 0.305 e. The summed E-state index contributed by atoms with van der Waals surface area (Å²) < 4.78 is 10.1. The van der Waals surface area contributed by atoms with Crippen LogP contribution in [-0.4, -0.2) is 52.8 Å². The lowest BCUT2D eigenvalue weighted by molar-refractivity contribution is -0.139. The predicted octanol–water partition coefficient (Wildman–Crippen LogP) is 0.299. The average molecular weight is 254 g/mol. The number of hydrogen-bond acceptors (Lipinski definition) is 5.